The van der Waals surface area contributed by atoms with Gasteiger partial charge in [-0.05, 0) is 45.0 Å². The maximum atomic E-state index is 12.4. The van der Waals surface area contributed by atoms with Gasteiger partial charge in [0.05, 0.1) is 11.7 Å². The molecule has 2 amide bonds. The number of anilines is 1. The number of aryl methyl sites for hydroxylation is 1. The number of nitrogens with zero attached hydrogens (tertiary/aromatic N) is 1. The highest BCUT2D eigenvalue weighted by Crippen LogP contribution is 2.33. The number of nitrogens with one attached hydrogen (secondary N) is 1. The molecule has 0 radical (unpaired) electrons. The van der Waals surface area contributed by atoms with E-state index in [0.717, 1.165) is 5.76 Å². The highest BCUT2D eigenvalue weighted by atomic mass is 16.5. The summed E-state index contributed by atoms with van der Waals surface area (Å²) in [5.41, 5.74) is 0.609. The zero-order valence-electron chi connectivity index (χ0n) is 13.9. The molecule has 2 heterocycles. The summed E-state index contributed by atoms with van der Waals surface area (Å²) >= 11 is 0. The third kappa shape index (κ3) is 3.13. The average Bonchev–Trinajstić information content (AvgIpc) is 2.98. The summed E-state index contributed by atoms with van der Waals surface area (Å²) in [5.74, 6) is 1.59. The minimum absolute atomic E-state index is 0.0619. The molecule has 0 aliphatic carbocycles. The number of ether oxygens (including phenoxy) is 1. The monoisotopic (exact) mass is 328 g/mol. The van der Waals surface area contributed by atoms with Crippen molar-refractivity contribution in [1.82, 2.24) is 5.32 Å². The van der Waals surface area contributed by atoms with E-state index in [1.165, 1.54) is 4.90 Å². The second-order valence-corrected chi connectivity index (χ2v) is 5.89. The fraction of sp³-hybridized carbons (Fsp3) is 0.333. The van der Waals surface area contributed by atoms with Gasteiger partial charge in [0, 0.05) is 0 Å². The van der Waals surface area contributed by atoms with Crippen LogP contribution in [-0.2, 0) is 9.59 Å². The molecule has 0 saturated carbocycles. The fourth-order valence-electron chi connectivity index (χ4n) is 2.71. The standard InChI is InChI=1S/C18H20N2O4/c1-11-8-9-15(23-11)12(2)19-17(21)10-20-14-6-4-5-7-16(14)24-13(3)18(20)22/h4-9,12-13H,10H2,1-3H3,(H,19,21)/t12-,13+/m0/s1. The summed E-state index contributed by atoms with van der Waals surface area (Å²) in [7, 11) is 0. The molecule has 2 atom stereocenters. The quantitative estimate of drug-likeness (QED) is 0.936. The maximum Gasteiger partial charge on any atom is 0.268 e. The van der Waals surface area contributed by atoms with Crippen molar-refractivity contribution in [3.63, 3.8) is 0 Å². The summed E-state index contributed by atoms with van der Waals surface area (Å²) < 4.78 is 11.1. The van der Waals surface area contributed by atoms with Crippen LogP contribution < -0.4 is 15.0 Å². The first-order valence-corrected chi connectivity index (χ1v) is 7.88. The summed E-state index contributed by atoms with van der Waals surface area (Å²) in [6.45, 7) is 5.31. The lowest BCUT2D eigenvalue weighted by molar-refractivity contribution is -0.128. The van der Waals surface area contributed by atoms with Gasteiger partial charge < -0.3 is 14.5 Å². The van der Waals surface area contributed by atoms with Crippen molar-refractivity contribution in [2.45, 2.75) is 32.9 Å². The van der Waals surface area contributed by atoms with Gasteiger partial charge in [-0.1, -0.05) is 12.1 Å². The van der Waals surface area contributed by atoms with Crippen molar-refractivity contribution in [2.75, 3.05) is 11.4 Å². The molecular formula is C18H20N2O4. The highest BCUT2D eigenvalue weighted by Gasteiger charge is 2.32. The summed E-state index contributed by atoms with van der Waals surface area (Å²) in [5, 5.41) is 2.86. The van der Waals surface area contributed by atoms with E-state index in [4.69, 9.17) is 9.15 Å². The molecule has 6 heteroatoms. The Labute approximate surface area is 140 Å². The Hall–Kier alpha value is -2.76. The second kappa shape index (κ2) is 6.39. The van der Waals surface area contributed by atoms with E-state index in [-0.39, 0.29) is 24.4 Å². The van der Waals surface area contributed by atoms with Crippen LogP contribution in [0.1, 0.15) is 31.4 Å². The largest absolute Gasteiger partial charge is 0.479 e. The second-order valence-electron chi connectivity index (χ2n) is 5.89. The lowest BCUT2D eigenvalue weighted by Gasteiger charge is -2.32. The predicted molar refractivity (Wildman–Crippen MR) is 88.9 cm³/mol. The first-order chi connectivity index (χ1) is 11.5. The van der Waals surface area contributed by atoms with E-state index in [2.05, 4.69) is 5.32 Å². The molecule has 1 aliphatic heterocycles. The average molecular weight is 328 g/mol. The molecule has 24 heavy (non-hydrogen) atoms. The first-order valence-electron chi connectivity index (χ1n) is 7.88. The summed E-state index contributed by atoms with van der Waals surface area (Å²) in [6, 6.07) is 10.6. The van der Waals surface area contributed by atoms with Gasteiger partial charge in [0.1, 0.15) is 23.8 Å². The van der Waals surface area contributed by atoms with Gasteiger partial charge in [-0.25, -0.2) is 0 Å². The lowest BCUT2D eigenvalue weighted by atomic mass is 10.2. The van der Waals surface area contributed by atoms with Crippen molar-refractivity contribution >= 4 is 17.5 Å². The molecule has 1 aromatic carbocycles. The summed E-state index contributed by atoms with van der Waals surface area (Å²) in [6.07, 6.45) is -0.613. The Kier molecular flexibility index (Phi) is 4.29. The van der Waals surface area contributed by atoms with Crippen LogP contribution in [0.5, 0.6) is 5.75 Å². The van der Waals surface area contributed by atoms with Crippen LogP contribution in [0.15, 0.2) is 40.8 Å². The normalized spacial score (nSPS) is 17.9. The summed E-state index contributed by atoms with van der Waals surface area (Å²) in [4.78, 5) is 26.2. The molecule has 2 aromatic rings. The minimum atomic E-state index is -0.613. The number of rotatable bonds is 4. The molecule has 0 spiro atoms. The molecular weight excluding hydrogens is 308 g/mol. The molecule has 6 nitrogen and oxygen atoms in total. The van der Waals surface area contributed by atoms with Gasteiger partial charge in [0.25, 0.3) is 5.91 Å². The van der Waals surface area contributed by atoms with E-state index in [0.29, 0.717) is 17.2 Å². The van der Waals surface area contributed by atoms with Gasteiger partial charge in [0.2, 0.25) is 5.91 Å². The van der Waals surface area contributed by atoms with Gasteiger partial charge >= 0.3 is 0 Å². The number of para-hydroxylation sites is 2. The molecule has 126 valence electrons. The maximum absolute atomic E-state index is 12.4. The predicted octanol–water partition coefficient (Wildman–Crippen LogP) is 2.58. The number of amides is 2. The third-order valence-electron chi connectivity index (χ3n) is 3.94. The number of fused-ring (bicyclic) bond motifs is 1. The smallest absolute Gasteiger partial charge is 0.268 e. The topological polar surface area (TPSA) is 71.8 Å². The molecule has 0 unspecified atom stereocenters. The van der Waals surface area contributed by atoms with E-state index in [9.17, 15) is 9.59 Å². The van der Waals surface area contributed by atoms with E-state index in [1.54, 1.807) is 19.1 Å². The van der Waals surface area contributed by atoms with Gasteiger partial charge in [-0.15, -0.1) is 0 Å². The van der Waals surface area contributed by atoms with Crippen LogP contribution in [0.25, 0.3) is 0 Å². The van der Waals surface area contributed by atoms with E-state index < -0.39 is 6.10 Å². The van der Waals surface area contributed by atoms with Crippen molar-refractivity contribution in [3.05, 3.63) is 47.9 Å². The number of furan rings is 1. The number of hydrogen-bond acceptors (Lipinski definition) is 4. The van der Waals surface area contributed by atoms with Crippen LogP contribution in [0, 0.1) is 6.92 Å². The Morgan fingerprint density at radius 1 is 1.29 bits per heavy atom. The van der Waals surface area contributed by atoms with Crippen LogP contribution >= 0.6 is 0 Å². The van der Waals surface area contributed by atoms with Crippen LogP contribution in [-0.4, -0.2) is 24.5 Å². The van der Waals surface area contributed by atoms with Crippen molar-refractivity contribution in [1.29, 1.82) is 0 Å². The van der Waals surface area contributed by atoms with Crippen LogP contribution in [0.3, 0.4) is 0 Å². The van der Waals surface area contributed by atoms with Crippen molar-refractivity contribution in [2.24, 2.45) is 0 Å². The Bertz CT molecular complexity index is 768. The fourth-order valence-corrected chi connectivity index (χ4v) is 2.71. The number of hydrogen-bond donors (Lipinski definition) is 1. The van der Waals surface area contributed by atoms with Crippen molar-refractivity contribution < 1.29 is 18.7 Å². The van der Waals surface area contributed by atoms with E-state index >= 15 is 0 Å². The van der Waals surface area contributed by atoms with E-state index in [1.807, 2.05) is 38.1 Å². The van der Waals surface area contributed by atoms with Crippen LogP contribution in [0.4, 0.5) is 5.69 Å². The van der Waals surface area contributed by atoms with Crippen molar-refractivity contribution in [3.8, 4) is 5.75 Å². The number of carbonyl (C=O) groups is 2. The molecule has 1 aromatic heterocycles. The SMILES string of the molecule is Cc1ccc([C@H](C)NC(=O)CN2C(=O)[C@@H](C)Oc3ccccc32)o1. The lowest BCUT2D eigenvalue weighted by Crippen LogP contribution is -2.49. The molecule has 1 N–H and O–H groups in total. The molecule has 0 bridgehead atoms. The Morgan fingerprint density at radius 3 is 2.75 bits per heavy atom. The van der Waals surface area contributed by atoms with Gasteiger partial charge in [0.15, 0.2) is 6.10 Å². The number of benzene rings is 1. The first kappa shape index (κ1) is 16.1. The Balaban J connectivity index is 1.72. The van der Waals surface area contributed by atoms with Gasteiger partial charge in [-0.3, -0.25) is 14.5 Å². The van der Waals surface area contributed by atoms with Crippen LogP contribution in [0.2, 0.25) is 0 Å². The Morgan fingerprint density at radius 2 is 2.04 bits per heavy atom. The zero-order chi connectivity index (χ0) is 17.3. The molecule has 1 aliphatic rings. The molecule has 3 rings (SSSR count). The number of carbonyl (C=O) groups excluding carboxylic acids is 2. The third-order valence-corrected chi connectivity index (χ3v) is 3.94. The molecule has 0 fully saturated rings. The zero-order valence-corrected chi connectivity index (χ0v) is 13.9. The molecule has 0 saturated heterocycles. The van der Waals surface area contributed by atoms with Gasteiger partial charge in [-0.2, -0.15) is 0 Å². The highest BCUT2D eigenvalue weighted by molar-refractivity contribution is 6.03. The minimum Gasteiger partial charge on any atom is -0.479 e.